The third-order valence-electron chi connectivity index (χ3n) is 0.353. The van der Waals surface area contributed by atoms with Gasteiger partial charge in [0, 0.05) is 6.54 Å². The van der Waals surface area contributed by atoms with Crippen LogP contribution < -0.4 is 5.09 Å². The van der Waals surface area contributed by atoms with E-state index in [1.165, 1.54) is 0 Å². The van der Waals surface area contributed by atoms with Crippen molar-refractivity contribution < 1.29 is 14.2 Å². The minimum Gasteiger partial charge on any atom is -0.395 e. The molecular weight excluding hydrogens is 117 g/mol. The van der Waals surface area contributed by atoms with Gasteiger partial charge in [0.1, 0.15) is 0 Å². The Balaban J connectivity index is 2.98. The molecule has 0 saturated heterocycles. The fraction of sp³-hybridized carbons (Fsp3) is 1.00. The first-order valence-electron chi connectivity index (χ1n) is 1.76. The zero-order valence-electron chi connectivity index (χ0n) is 3.63. The van der Waals surface area contributed by atoms with Crippen LogP contribution >= 0.6 is 7.83 Å². The van der Waals surface area contributed by atoms with Crippen molar-refractivity contribution in [1.29, 1.82) is 0 Å². The molecule has 5 heteroatoms. The smallest absolute Gasteiger partial charge is 0.395 e. The highest BCUT2D eigenvalue weighted by molar-refractivity contribution is 7.28. The maximum absolute atomic E-state index is 9.57. The quantitative estimate of drug-likeness (QED) is 0.503. The summed E-state index contributed by atoms with van der Waals surface area (Å²) in [5.41, 5.74) is 0. The lowest BCUT2D eigenvalue weighted by Crippen LogP contribution is -2.06. The number of hydrogen-bond acceptors (Lipinski definition) is 3. The highest BCUT2D eigenvalue weighted by atomic mass is 31.1. The molecule has 0 unspecified atom stereocenters. The molecule has 0 heterocycles. The standard InChI is InChI=1S/C2H6NO3P/c4-2-1-3-7(5)6/h4H,1-2H2,(H,3,5,6). The van der Waals surface area contributed by atoms with Crippen LogP contribution in [0, 0.1) is 0 Å². The average Bonchev–Trinajstić information content (AvgIpc) is 1.61. The molecule has 0 atom stereocenters. The van der Waals surface area contributed by atoms with E-state index in [0.29, 0.717) is 0 Å². The van der Waals surface area contributed by atoms with Gasteiger partial charge in [0.25, 0.3) is 0 Å². The highest BCUT2D eigenvalue weighted by Gasteiger charge is 1.83. The fourth-order valence-corrected chi connectivity index (χ4v) is 0.424. The van der Waals surface area contributed by atoms with Gasteiger partial charge in [-0.2, -0.15) is 0 Å². The van der Waals surface area contributed by atoms with E-state index in [1.54, 1.807) is 0 Å². The first kappa shape index (κ1) is 6.82. The molecule has 0 spiro atoms. The Morgan fingerprint density at radius 1 is 1.57 bits per heavy atom. The Labute approximate surface area is 41.4 Å². The van der Waals surface area contributed by atoms with Crippen molar-refractivity contribution in [1.82, 2.24) is 5.09 Å². The molecule has 0 bridgehead atoms. The van der Waals surface area contributed by atoms with E-state index < -0.39 is 7.83 Å². The Morgan fingerprint density at radius 3 is 2.29 bits per heavy atom. The first-order valence-corrected chi connectivity index (χ1v) is 2.94. The number of aliphatic hydroxyl groups excluding tert-OH is 1. The zero-order chi connectivity index (χ0) is 5.70. The minimum atomic E-state index is -2.52. The molecule has 0 aromatic heterocycles. The van der Waals surface area contributed by atoms with Crippen molar-refractivity contribution in [3.63, 3.8) is 0 Å². The Morgan fingerprint density at radius 2 is 2.14 bits per heavy atom. The van der Waals surface area contributed by atoms with Crippen molar-refractivity contribution in [2.75, 3.05) is 13.2 Å². The van der Waals surface area contributed by atoms with Gasteiger partial charge in [-0.25, -0.2) is 14.2 Å². The van der Waals surface area contributed by atoms with Crippen LogP contribution in [0.1, 0.15) is 0 Å². The molecular formula is C2H6NO3P. The summed E-state index contributed by atoms with van der Waals surface area (Å²) in [6.45, 7) is -0.0397. The molecule has 0 saturated carbocycles. The van der Waals surface area contributed by atoms with E-state index in [4.69, 9.17) is 5.11 Å². The molecule has 7 heavy (non-hydrogen) atoms. The van der Waals surface area contributed by atoms with Crippen molar-refractivity contribution in [3.05, 3.63) is 0 Å². The number of aliphatic hydroxyl groups is 1. The third-order valence-corrected chi connectivity index (χ3v) is 0.835. The van der Waals surface area contributed by atoms with Crippen molar-refractivity contribution in [3.8, 4) is 0 Å². The van der Waals surface area contributed by atoms with Crippen LogP contribution in [-0.4, -0.2) is 18.3 Å². The summed E-state index contributed by atoms with van der Waals surface area (Å²) in [6.07, 6.45) is 0. The summed E-state index contributed by atoms with van der Waals surface area (Å²) in [7, 11) is -2.52. The van der Waals surface area contributed by atoms with Crippen LogP contribution in [-0.2, 0) is 9.13 Å². The molecule has 0 aliphatic rings. The average molecular weight is 123 g/mol. The van der Waals surface area contributed by atoms with Crippen LogP contribution in [0.2, 0.25) is 0 Å². The SMILES string of the molecule is O=P(=O)NCCO. The van der Waals surface area contributed by atoms with Gasteiger partial charge in [-0.05, 0) is 0 Å². The second kappa shape index (κ2) is 3.99. The molecule has 0 aromatic rings. The van der Waals surface area contributed by atoms with Gasteiger partial charge in [0.15, 0.2) is 0 Å². The van der Waals surface area contributed by atoms with E-state index in [9.17, 15) is 9.13 Å². The number of rotatable bonds is 3. The molecule has 0 amide bonds. The summed E-state index contributed by atoms with van der Waals surface area (Å²) in [5, 5.41) is 9.98. The normalized spacial score (nSPS) is 8.71. The van der Waals surface area contributed by atoms with Gasteiger partial charge in [0.2, 0.25) is 0 Å². The largest absolute Gasteiger partial charge is 0.396 e. The molecule has 0 aliphatic carbocycles. The topological polar surface area (TPSA) is 66.4 Å². The van der Waals surface area contributed by atoms with E-state index in [-0.39, 0.29) is 13.2 Å². The van der Waals surface area contributed by atoms with Gasteiger partial charge in [-0.3, -0.25) is 0 Å². The van der Waals surface area contributed by atoms with Gasteiger partial charge in [-0.1, -0.05) is 0 Å². The third kappa shape index (κ3) is 5.82. The maximum atomic E-state index is 9.57. The van der Waals surface area contributed by atoms with Gasteiger partial charge < -0.3 is 5.11 Å². The number of hydrogen-bond donors (Lipinski definition) is 2. The predicted octanol–water partition coefficient (Wildman–Crippen LogP) is -0.344. The molecule has 0 radical (unpaired) electrons. The zero-order valence-corrected chi connectivity index (χ0v) is 4.52. The molecule has 0 fully saturated rings. The maximum Gasteiger partial charge on any atom is 0.396 e. The van der Waals surface area contributed by atoms with E-state index in [1.807, 2.05) is 5.09 Å². The van der Waals surface area contributed by atoms with Gasteiger partial charge in [-0.15, -0.1) is 0 Å². The Hall–Kier alpha value is -0.180. The van der Waals surface area contributed by atoms with Crippen molar-refractivity contribution in [2.45, 2.75) is 0 Å². The molecule has 0 aromatic carbocycles. The van der Waals surface area contributed by atoms with Crippen LogP contribution in [0.3, 0.4) is 0 Å². The van der Waals surface area contributed by atoms with Crippen molar-refractivity contribution >= 4 is 7.83 Å². The van der Waals surface area contributed by atoms with E-state index in [0.717, 1.165) is 0 Å². The van der Waals surface area contributed by atoms with Crippen LogP contribution in [0.5, 0.6) is 0 Å². The Kier molecular flexibility index (Phi) is 3.89. The van der Waals surface area contributed by atoms with Gasteiger partial charge in [0.05, 0.1) is 6.61 Å². The number of nitrogens with one attached hydrogen (secondary N) is 1. The monoisotopic (exact) mass is 123 g/mol. The first-order chi connectivity index (χ1) is 3.27. The van der Waals surface area contributed by atoms with Crippen LogP contribution in [0.25, 0.3) is 0 Å². The molecule has 2 N–H and O–H groups in total. The summed E-state index contributed by atoms with van der Waals surface area (Å²) in [6, 6.07) is 0. The summed E-state index contributed by atoms with van der Waals surface area (Å²) in [4.78, 5) is 0. The summed E-state index contributed by atoms with van der Waals surface area (Å²) < 4.78 is 19.1. The highest BCUT2D eigenvalue weighted by Crippen LogP contribution is 1.89. The summed E-state index contributed by atoms with van der Waals surface area (Å²) >= 11 is 0. The second-order valence-electron chi connectivity index (χ2n) is 0.889. The van der Waals surface area contributed by atoms with Crippen molar-refractivity contribution in [2.24, 2.45) is 0 Å². The minimum absolute atomic E-state index is 0.110. The van der Waals surface area contributed by atoms with E-state index in [2.05, 4.69) is 0 Å². The second-order valence-corrected chi connectivity index (χ2v) is 1.72. The predicted molar refractivity (Wildman–Crippen MR) is 23.4 cm³/mol. The molecule has 42 valence electrons. The van der Waals surface area contributed by atoms with E-state index >= 15 is 0 Å². The lowest BCUT2D eigenvalue weighted by molar-refractivity contribution is 0.300. The Bertz CT molecular complexity index is 91.1. The molecule has 4 nitrogen and oxygen atoms in total. The van der Waals surface area contributed by atoms with Crippen LogP contribution in [0.4, 0.5) is 0 Å². The molecule has 0 rings (SSSR count). The lowest BCUT2D eigenvalue weighted by Gasteiger charge is -1.82. The summed E-state index contributed by atoms with van der Waals surface area (Å²) in [5.74, 6) is 0. The van der Waals surface area contributed by atoms with Crippen LogP contribution in [0.15, 0.2) is 0 Å². The fourth-order valence-electron chi connectivity index (χ4n) is 0.141. The van der Waals surface area contributed by atoms with Gasteiger partial charge >= 0.3 is 7.83 Å². The molecule has 0 aliphatic heterocycles. The lowest BCUT2D eigenvalue weighted by atomic mass is 10.8.